The number of halogens is 3. The van der Waals surface area contributed by atoms with Crippen LogP contribution < -0.4 is 10.5 Å². The highest BCUT2D eigenvalue weighted by atomic mass is 32.2. The molecule has 2 saturated heterocycles. The Hall–Kier alpha value is -0.670. The van der Waals surface area contributed by atoms with E-state index >= 15 is 0 Å². The van der Waals surface area contributed by atoms with Gasteiger partial charge in [0.15, 0.2) is 0 Å². The van der Waals surface area contributed by atoms with Crippen molar-refractivity contribution in [1.29, 1.82) is 0 Å². The average Bonchev–Trinajstić information content (AvgIpc) is 2.71. The molecule has 0 aromatic rings. The Kier molecular flexibility index (Phi) is 4.05. The molecule has 2 unspecified atom stereocenters. The van der Waals surface area contributed by atoms with Crippen molar-refractivity contribution >= 4 is 18.0 Å². The number of nitrogens with one attached hydrogen (secondary N) is 1. The van der Waals surface area contributed by atoms with Gasteiger partial charge in [-0.25, -0.2) is 4.79 Å². The Morgan fingerprint density at radius 1 is 1.60 bits per heavy atom. The number of alkyl halides is 3. The standard InChI is InChI=1S/C4H7NO.C2H3F3N2OS/c1-2-6-4-3-5(1)4;3-2(4,5)9-7-1(6)8/h4H,1-3H2;(H3,6,7,8). The van der Waals surface area contributed by atoms with Gasteiger partial charge in [0.25, 0.3) is 0 Å². The molecule has 0 aliphatic carbocycles. The van der Waals surface area contributed by atoms with E-state index in [0.29, 0.717) is 6.23 Å². The minimum absolute atomic E-state index is 0.546. The third-order valence-electron chi connectivity index (χ3n) is 1.62. The minimum Gasteiger partial charge on any atom is -0.360 e. The van der Waals surface area contributed by atoms with Gasteiger partial charge in [-0.15, -0.1) is 0 Å². The molecule has 0 aromatic carbocycles. The molecule has 2 rings (SSSR count). The maximum Gasteiger partial charge on any atom is 0.461 e. The van der Waals surface area contributed by atoms with E-state index in [0.717, 1.165) is 6.61 Å². The molecule has 3 N–H and O–H groups in total. The summed E-state index contributed by atoms with van der Waals surface area (Å²) in [4.78, 5) is 11.9. The number of morpholine rings is 1. The number of hydrogen-bond donors (Lipinski definition) is 2. The molecule has 0 saturated carbocycles. The molecule has 5 nitrogen and oxygen atoms in total. The summed E-state index contributed by atoms with van der Waals surface area (Å²) in [6.07, 6.45) is 0.546. The van der Waals surface area contributed by atoms with Crippen molar-refractivity contribution in [3.63, 3.8) is 0 Å². The normalized spacial score (nSPS) is 27.4. The number of urea groups is 1. The number of carbonyl (C=O) groups excluding carboxylic acids is 1. The molecule has 0 aromatic heterocycles. The highest BCUT2D eigenvalue weighted by Gasteiger charge is 2.39. The van der Waals surface area contributed by atoms with Crippen LogP contribution in [0.1, 0.15) is 0 Å². The van der Waals surface area contributed by atoms with Crippen molar-refractivity contribution in [2.24, 2.45) is 5.73 Å². The van der Waals surface area contributed by atoms with E-state index in [2.05, 4.69) is 10.6 Å². The van der Waals surface area contributed by atoms with E-state index in [1.54, 1.807) is 0 Å². The van der Waals surface area contributed by atoms with Crippen LogP contribution in [0.15, 0.2) is 0 Å². The zero-order chi connectivity index (χ0) is 11.5. The van der Waals surface area contributed by atoms with Crippen molar-refractivity contribution in [3.05, 3.63) is 0 Å². The van der Waals surface area contributed by atoms with Gasteiger partial charge >= 0.3 is 11.5 Å². The molecule has 2 aliphatic rings. The summed E-state index contributed by atoms with van der Waals surface area (Å²) < 4.78 is 39.8. The molecular formula is C6H10F3N3O2S. The van der Waals surface area contributed by atoms with Gasteiger partial charge in [0, 0.05) is 13.1 Å². The second-order valence-corrected chi connectivity index (χ2v) is 3.71. The third-order valence-corrected chi connectivity index (χ3v) is 2.16. The van der Waals surface area contributed by atoms with Gasteiger partial charge in [0.1, 0.15) is 6.23 Å². The monoisotopic (exact) mass is 245 g/mol. The van der Waals surface area contributed by atoms with Crippen LogP contribution in [0.25, 0.3) is 0 Å². The predicted octanol–water partition coefficient (Wildman–Crippen LogP) is 0.481. The first kappa shape index (κ1) is 12.4. The zero-order valence-electron chi connectivity index (χ0n) is 7.58. The summed E-state index contributed by atoms with van der Waals surface area (Å²) in [5.41, 5.74) is -0.135. The van der Waals surface area contributed by atoms with Crippen molar-refractivity contribution in [2.75, 3.05) is 19.7 Å². The maximum atomic E-state index is 11.1. The van der Waals surface area contributed by atoms with Gasteiger partial charge in [-0.05, 0) is 0 Å². The summed E-state index contributed by atoms with van der Waals surface area (Å²) >= 11 is -0.683. The average molecular weight is 245 g/mol. The zero-order valence-corrected chi connectivity index (χ0v) is 8.40. The number of nitrogens with two attached hydrogens (primary N) is 1. The van der Waals surface area contributed by atoms with E-state index in [4.69, 9.17) is 4.74 Å². The lowest BCUT2D eigenvalue weighted by Crippen LogP contribution is -2.26. The fourth-order valence-corrected chi connectivity index (χ4v) is 1.18. The van der Waals surface area contributed by atoms with Crippen LogP contribution in [0.5, 0.6) is 0 Å². The molecule has 0 radical (unpaired) electrons. The number of nitrogens with zero attached hydrogens (tertiary/aromatic N) is 1. The Labute approximate surface area is 88.2 Å². The van der Waals surface area contributed by atoms with Gasteiger partial charge in [0.2, 0.25) is 0 Å². The molecule has 2 atom stereocenters. The number of primary amides is 1. The number of carbonyl (C=O) groups is 1. The molecule has 0 bridgehead atoms. The first-order valence-corrected chi connectivity index (χ1v) is 4.86. The van der Waals surface area contributed by atoms with Gasteiger partial charge in [-0.2, -0.15) is 13.2 Å². The number of amides is 2. The largest absolute Gasteiger partial charge is 0.461 e. The molecule has 15 heavy (non-hydrogen) atoms. The fraction of sp³-hybridized carbons (Fsp3) is 0.833. The highest BCUT2D eigenvalue weighted by Crippen LogP contribution is 2.26. The lowest BCUT2D eigenvalue weighted by Gasteiger charge is -2.02. The second-order valence-electron chi connectivity index (χ2n) is 2.83. The van der Waals surface area contributed by atoms with Crippen LogP contribution in [-0.2, 0) is 4.74 Å². The van der Waals surface area contributed by atoms with Crippen molar-refractivity contribution in [1.82, 2.24) is 9.62 Å². The lowest BCUT2D eigenvalue weighted by atomic mass is 10.7. The van der Waals surface area contributed by atoms with Gasteiger partial charge < -0.3 is 10.5 Å². The molecule has 2 fully saturated rings. The lowest BCUT2D eigenvalue weighted by molar-refractivity contribution is -0.0333. The Morgan fingerprint density at radius 2 is 2.27 bits per heavy atom. The molecular weight excluding hydrogens is 235 g/mol. The smallest absolute Gasteiger partial charge is 0.360 e. The van der Waals surface area contributed by atoms with Crippen molar-refractivity contribution in [2.45, 2.75) is 11.7 Å². The number of hydrogen-bond acceptors (Lipinski definition) is 4. The van der Waals surface area contributed by atoms with Crippen LogP contribution in [0.3, 0.4) is 0 Å². The SMILES string of the molecule is C1CN2CC2O1.NC(=O)NSC(F)(F)F. The molecule has 2 aliphatic heterocycles. The van der Waals surface area contributed by atoms with Crippen LogP contribution in [0, 0.1) is 0 Å². The van der Waals surface area contributed by atoms with Gasteiger partial charge in [0.05, 0.1) is 18.6 Å². The van der Waals surface area contributed by atoms with Crippen LogP contribution in [-0.4, -0.2) is 42.4 Å². The van der Waals surface area contributed by atoms with Crippen molar-refractivity contribution in [3.8, 4) is 0 Å². The summed E-state index contributed by atoms with van der Waals surface area (Å²) in [7, 11) is 0. The third kappa shape index (κ3) is 5.70. The second kappa shape index (κ2) is 4.90. The predicted molar refractivity (Wildman–Crippen MR) is 47.7 cm³/mol. The van der Waals surface area contributed by atoms with Crippen LogP contribution in [0.2, 0.25) is 0 Å². The van der Waals surface area contributed by atoms with Crippen LogP contribution >= 0.6 is 11.9 Å². The van der Waals surface area contributed by atoms with E-state index in [9.17, 15) is 18.0 Å². The fourth-order valence-electron chi connectivity index (χ4n) is 0.961. The Morgan fingerprint density at radius 3 is 2.40 bits per heavy atom. The topological polar surface area (TPSA) is 67.4 Å². The Balaban J connectivity index is 0.000000158. The number of ether oxygens (including phenoxy) is 1. The first-order valence-electron chi connectivity index (χ1n) is 4.04. The number of rotatable bonds is 1. The molecule has 0 spiro atoms. The highest BCUT2D eigenvalue weighted by molar-refractivity contribution is 7.98. The molecule has 2 amide bonds. The number of fused-ring (bicyclic) bond motifs is 1. The van der Waals surface area contributed by atoms with Gasteiger partial charge in [-0.3, -0.25) is 9.62 Å². The summed E-state index contributed by atoms with van der Waals surface area (Å²) in [6, 6.07) is -1.21. The molecule has 88 valence electrons. The van der Waals surface area contributed by atoms with E-state index in [1.807, 2.05) is 0 Å². The summed E-state index contributed by atoms with van der Waals surface area (Å²) in [6.45, 7) is 3.33. The Bertz CT molecular complexity index is 230. The maximum absolute atomic E-state index is 11.1. The molecule has 2 heterocycles. The minimum atomic E-state index is -4.46. The summed E-state index contributed by atoms with van der Waals surface area (Å²) in [5.74, 6) is 0. The van der Waals surface area contributed by atoms with E-state index < -0.39 is 23.5 Å². The summed E-state index contributed by atoms with van der Waals surface area (Å²) in [5, 5.41) is 0. The van der Waals surface area contributed by atoms with E-state index in [-0.39, 0.29) is 0 Å². The van der Waals surface area contributed by atoms with E-state index in [1.165, 1.54) is 17.8 Å². The molecule has 9 heteroatoms. The first-order chi connectivity index (χ1) is 6.88. The quantitative estimate of drug-likeness (QED) is 0.521. The van der Waals surface area contributed by atoms with Crippen molar-refractivity contribution < 1.29 is 22.7 Å². The van der Waals surface area contributed by atoms with Crippen LogP contribution in [0.4, 0.5) is 18.0 Å². The van der Waals surface area contributed by atoms with Gasteiger partial charge in [-0.1, -0.05) is 0 Å².